The van der Waals surface area contributed by atoms with Crippen LogP contribution in [0.25, 0.3) is 22.3 Å². The van der Waals surface area contributed by atoms with E-state index in [-0.39, 0.29) is 17.4 Å². The van der Waals surface area contributed by atoms with Gasteiger partial charge < -0.3 is 14.8 Å². The lowest BCUT2D eigenvalue weighted by Crippen LogP contribution is -2.09. The van der Waals surface area contributed by atoms with E-state index in [1.807, 2.05) is 19.9 Å². The lowest BCUT2D eigenvalue weighted by Gasteiger charge is -2.11. The maximum absolute atomic E-state index is 12.1. The van der Waals surface area contributed by atoms with Gasteiger partial charge in [-0.15, -0.1) is 0 Å². The zero-order valence-electron chi connectivity index (χ0n) is 12.3. The molecule has 22 heavy (non-hydrogen) atoms. The van der Waals surface area contributed by atoms with Crippen LogP contribution in [0.15, 0.2) is 47.3 Å². The Balaban J connectivity index is 2.09. The van der Waals surface area contributed by atoms with Crippen LogP contribution in [0.5, 0.6) is 11.5 Å². The lowest BCUT2D eigenvalue weighted by atomic mass is 10.1. The van der Waals surface area contributed by atoms with Crippen molar-refractivity contribution in [3.63, 3.8) is 0 Å². The standard InChI is InChI=1S/C17H16N2O3/c1-10(2)22-11-7-8-13(15(20)9-11)16-18-14-6-4-3-5-12(14)17(21)19-16/h3-10,20H,1-2H3,(H,18,19,21). The molecule has 0 aliphatic rings. The van der Waals surface area contributed by atoms with Crippen molar-refractivity contribution in [2.75, 3.05) is 0 Å². The fourth-order valence-electron chi connectivity index (χ4n) is 2.27. The average molecular weight is 296 g/mol. The quantitative estimate of drug-likeness (QED) is 0.779. The Kier molecular flexibility index (Phi) is 3.55. The van der Waals surface area contributed by atoms with Crippen LogP contribution in [-0.2, 0) is 0 Å². The largest absolute Gasteiger partial charge is 0.507 e. The zero-order chi connectivity index (χ0) is 15.7. The van der Waals surface area contributed by atoms with Gasteiger partial charge in [-0.3, -0.25) is 4.79 Å². The van der Waals surface area contributed by atoms with E-state index in [1.165, 1.54) is 6.07 Å². The Labute approximate surface area is 127 Å². The van der Waals surface area contributed by atoms with E-state index in [2.05, 4.69) is 9.97 Å². The number of aromatic nitrogens is 2. The Morgan fingerprint density at radius 1 is 1.18 bits per heavy atom. The van der Waals surface area contributed by atoms with Gasteiger partial charge in [0.15, 0.2) is 0 Å². The summed E-state index contributed by atoms with van der Waals surface area (Å²) in [7, 11) is 0. The Morgan fingerprint density at radius 3 is 2.68 bits per heavy atom. The van der Waals surface area contributed by atoms with E-state index in [9.17, 15) is 9.90 Å². The van der Waals surface area contributed by atoms with E-state index in [0.717, 1.165) is 0 Å². The number of aromatic amines is 1. The third-order valence-corrected chi connectivity index (χ3v) is 3.21. The predicted molar refractivity (Wildman–Crippen MR) is 85.2 cm³/mol. The van der Waals surface area contributed by atoms with Crippen molar-refractivity contribution in [1.29, 1.82) is 0 Å². The normalized spacial score (nSPS) is 11.0. The molecule has 112 valence electrons. The second kappa shape index (κ2) is 5.52. The number of rotatable bonds is 3. The maximum atomic E-state index is 12.1. The molecule has 0 saturated carbocycles. The van der Waals surface area contributed by atoms with Crippen LogP contribution < -0.4 is 10.3 Å². The smallest absolute Gasteiger partial charge is 0.259 e. The van der Waals surface area contributed by atoms with Gasteiger partial charge in [-0.05, 0) is 38.1 Å². The molecule has 0 bridgehead atoms. The summed E-state index contributed by atoms with van der Waals surface area (Å²) < 4.78 is 5.53. The number of phenolic OH excluding ortho intramolecular Hbond substituents is 1. The van der Waals surface area contributed by atoms with Crippen LogP contribution in [0.2, 0.25) is 0 Å². The molecule has 3 rings (SSSR count). The predicted octanol–water partition coefficient (Wildman–Crippen LogP) is 3.08. The molecule has 0 fully saturated rings. The number of H-pyrrole nitrogens is 1. The summed E-state index contributed by atoms with van der Waals surface area (Å²) in [5.74, 6) is 0.910. The molecule has 5 nitrogen and oxygen atoms in total. The Hall–Kier alpha value is -2.82. The molecule has 0 unspecified atom stereocenters. The number of nitrogens with one attached hydrogen (secondary N) is 1. The van der Waals surface area contributed by atoms with Crippen LogP contribution >= 0.6 is 0 Å². The highest BCUT2D eigenvalue weighted by atomic mass is 16.5. The first-order chi connectivity index (χ1) is 10.5. The topological polar surface area (TPSA) is 75.2 Å². The average Bonchev–Trinajstić information content (AvgIpc) is 2.46. The van der Waals surface area contributed by atoms with Crippen molar-refractivity contribution >= 4 is 10.9 Å². The summed E-state index contributed by atoms with van der Waals surface area (Å²) in [6.07, 6.45) is 0.0175. The number of fused-ring (bicyclic) bond motifs is 1. The number of benzene rings is 2. The molecule has 0 saturated heterocycles. The summed E-state index contributed by atoms with van der Waals surface area (Å²) in [6.45, 7) is 3.82. The number of hydrogen-bond donors (Lipinski definition) is 2. The van der Waals surface area contributed by atoms with E-state index >= 15 is 0 Å². The molecule has 1 heterocycles. The molecular weight excluding hydrogens is 280 g/mol. The van der Waals surface area contributed by atoms with E-state index in [4.69, 9.17) is 4.74 Å². The van der Waals surface area contributed by atoms with E-state index in [0.29, 0.717) is 28.0 Å². The van der Waals surface area contributed by atoms with Crippen LogP contribution in [-0.4, -0.2) is 21.2 Å². The van der Waals surface area contributed by atoms with Crippen molar-refractivity contribution < 1.29 is 9.84 Å². The van der Waals surface area contributed by atoms with Gasteiger partial charge in [-0.25, -0.2) is 4.98 Å². The highest BCUT2D eigenvalue weighted by Crippen LogP contribution is 2.30. The lowest BCUT2D eigenvalue weighted by molar-refractivity contribution is 0.241. The Bertz CT molecular complexity index is 884. The van der Waals surface area contributed by atoms with Gasteiger partial charge in [0.2, 0.25) is 0 Å². The highest BCUT2D eigenvalue weighted by molar-refractivity contribution is 5.80. The minimum atomic E-state index is -0.234. The van der Waals surface area contributed by atoms with Gasteiger partial charge >= 0.3 is 0 Å². The molecule has 2 aromatic carbocycles. The van der Waals surface area contributed by atoms with Crippen molar-refractivity contribution in [1.82, 2.24) is 9.97 Å². The molecule has 0 amide bonds. The van der Waals surface area contributed by atoms with Crippen molar-refractivity contribution in [2.45, 2.75) is 20.0 Å². The number of nitrogens with zero attached hydrogens (tertiary/aromatic N) is 1. The fraction of sp³-hybridized carbons (Fsp3) is 0.176. The number of para-hydroxylation sites is 1. The van der Waals surface area contributed by atoms with Gasteiger partial charge in [0.25, 0.3) is 5.56 Å². The fourth-order valence-corrected chi connectivity index (χ4v) is 2.27. The number of phenols is 1. The summed E-state index contributed by atoms with van der Waals surface area (Å²) >= 11 is 0. The number of hydrogen-bond acceptors (Lipinski definition) is 4. The molecule has 0 atom stereocenters. The SMILES string of the molecule is CC(C)Oc1ccc(-c2nc3ccccc3c(=O)[nH]2)c(O)c1. The van der Waals surface area contributed by atoms with Crippen LogP contribution in [0, 0.1) is 0 Å². The van der Waals surface area contributed by atoms with Gasteiger partial charge in [-0.2, -0.15) is 0 Å². The minimum Gasteiger partial charge on any atom is -0.507 e. The summed E-state index contributed by atoms with van der Waals surface area (Å²) in [6, 6.07) is 12.0. The molecule has 0 aliphatic heterocycles. The molecule has 2 N–H and O–H groups in total. The second-order valence-electron chi connectivity index (χ2n) is 5.28. The Morgan fingerprint density at radius 2 is 1.95 bits per heavy atom. The molecule has 3 aromatic rings. The van der Waals surface area contributed by atoms with Gasteiger partial charge in [0.05, 0.1) is 22.6 Å². The molecule has 5 heteroatoms. The molecule has 0 spiro atoms. The monoisotopic (exact) mass is 296 g/mol. The second-order valence-corrected chi connectivity index (χ2v) is 5.28. The summed E-state index contributed by atoms with van der Waals surface area (Å²) in [5.41, 5.74) is 0.810. The first kappa shape index (κ1) is 14.1. The van der Waals surface area contributed by atoms with Crippen molar-refractivity contribution in [2.24, 2.45) is 0 Å². The minimum absolute atomic E-state index is 0.0107. The van der Waals surface area contributed by atoms with Crippen LogP contribution in [0.4, 0.5) is 0 Å². The van der Waals surface area contributed by atoms with Gasteiger partial charge in [0.1, 0.15) is 17.3 Å². The summed E-state index contributed by atoms with van der Waals surface area (Å²) in [5, 5.41) is 10.7. The van der Waals surface area contributed by atoms with Crippen molar-refractivity contribution in [3.8, 4) is 22.9 Å². The van der Waals surface area contributed by atoms with Crippen molar-refractivity contribution in [3.05, 3.63) is 52.8 Å². The first-order valence-electron chi connectivity index (χ1n) is 7.03. The molecule has 0 radical (unpaired) electrons. The van der Waals surface area contributed by atoms with Crippen LogP contribution in [0.3, 0.4) is 0 Å². The third kappa shape index (κ3) is 2.65. The zero-order valence-corrected chi connectivity index (χ0v) is 12.3. The molecule has 0 aliphatic carbocycles. The number of ether oxygens (including phenoxy) is 1. The highest BCUT2D eigenvalue weighted by Gasteiger charge is 2.11. The number of aromatic hydroxyl groups is 1. The van der Waals surface area contributed by atoms with E-state index < -0.39 is 0 Å². The van der Waals surface area contributed by atoms with E-state index in [1.54, 1.807) is 30.3 Å². The third-order valence-electron chi connectivity index (χ3n) is 3.21. The van der Waals surface area contributed by atoms with Gasteiger partial charge in [-0.1, -0.05) is 12.1 Å². The van der Waals surface area contributed by atoms with Gasteiger partial charge in [0, 0.05) is 6.07 Å². The maximum Gasteiger partial charge on any atom is 0.259 e. The molecular formula is C17H16N2O3. The first-order valence-corrected chi connectivity index (χ1v) is 7.03. The summed E-state index contributed by atoms with van der Waals surface area (Å²) in [4.78, 5) is 19.2. The molecule has 1 aromatic heterocycles. The van der Waals surface area contributed by atoms with Crippen LogP contribution in [0.1, 0.15) is 13.8 Å².